The third-order valence-electron chi connectivity index (χ3n) is 2.35. The molecule has 0 amide bonds. The van der Waals surface area contributed by atoms with Gasteiger partial charge in [-0.15, -0.1) is 0 Å². The fourth-order valence-corrected chi connectivity index (χ4v) is 1.50. The van der Waals surface area contributed by atoms with Crippen LogP contribution in [-0.4, -0.2) is 6.18 Å². The minimum atomic E-state index is -4.15. The van der Waals surface area contributed by atoms with Crippen LogP contribution in [-0.2, 0) is 0 Å². The lowest BCUT2D eigenvalue weighted by Gasteiger charge is -2.14. The van der Waals surface area contributed by atoms with E-state index in [1.165, 1.54) is 0 Å². The van der Waals surface area contributed by atoms with Gasteiger partial charge in [0, 0.05) is 17.5 Å². The smallest absolute Gasteiger partial charge is 0.324 e. The molecule has 2 N–H and O–H groups in total. The van der Waals surface area contributed by atoms with Gasteiger partial charge in [0.15, 0.2) is 0 Å². The molecule has 0 saturated carbocycles. The van der Waals surface area contributed by atoms with Crippen LogP contribution < -0.4 is 5.73 Å². The second kappa shape index (κ2) is 5.06. The normalized spacial score (nSPS) is 13.9. The second-order valence-corrected chi connectivity index (χ2v) is 4.18. The summed E-state index contributed by atoms with van der Waals surface area (Å²) in [5, 5.41) is 0.590. The highest BCUT2D eigenvalue weighted by Gasteiger charge is 2.27. The van der Waals surface area contributed by atoms with Crippen molar-refractivity contribution in [1.29, 1.82) is 0 Å². The van der Waals surface area contributed by atoms with Crippen molar-refractivity contribution in [3.05, 3.63) is 34.3 Å². The molecule has 16 heavy (non-hydrogen) atoms. The van der Waals surface area contributed by atoms with E-state index < -0.39 is 18.6 Å². The summed E-state index contributed by atoms with van der Waals surface area (Å²) < 4.78 is 36.0. The predicted molar refractivity (Wildman–Crippen MR) is 58.4 cm³/mol. The number of rotatable bonds is 3. The first-order valence-corrected chi connectivity index (χ1v) is 5.26. The van der Waals surface area contributed by atoms with E-state index in [1.807, 2.05) is 0 Å². The van der Waals surface area contributed by atoms with Crippen LogP contribution in [0, 0.1) is 6.92 Å². The zero-order chi connectivity index (χ0) is 12.3. The number of nitrogens with two attached hydrogens (primary N) is 1. The number of aryl methyl sites for hydroxylation is 1. The summed E-state index contributed by atoms with van der Waals surface area (Å²) in [6.07, 6.45) is -5.13. The van der Waals surface area contributed by atoms with Gasteiger partial charge in [-0.1, -0.05) is 23.7 Å². The van der Waals surface area contributed by atoms with E-state index in [4.69, 9.17) is 17.3 Å². The van der Waals surface area contributed by atoms with Crippen LogP contribution in [0.2, 0.25) is 5.02 Å². The minimum absolute atomic E-state index is 0.107. The quantitative estimate of drug-likeness (QED) is 0.864. The number of hydrogen-bond donors (Lipinski definition) is 1. The Morgan fingerprint density at radius 1 is 1.38 bits per heavy atom. The molecule has 0 aliphatic heterocycles. The zero-order valence-corrected chi connectivity index (χ0v) is 9.57. The standard InChI is InChI=1S/C11H13ClF3N/c1-7-6-8(2-3-9(7)12)10(16)4-5-11(13,14)15/h2-3,6,10H,4-5,16H2,1H3/t10-/m0/s1. The van der Waals surface area contributed by atoms with Crippen LogP contribution >= 0.6 is 11.6 Å². The van der Waals surface area contributed by atoms with Gasteiger partial charge in [-0.05, 0) is 30.5 Å². The first-order chi connectivity index (χ1) is 7.29. The van der Waals surface area contributed by atoms with Crippen LogP contribution in [0.5, 0.6) is 0 Å². The van der Waals surface area contributed by atoms with Gasteiger partial charge in [0.25, 0.3) is 0 Å². The van der Waals surface area contributed by atoms with E-state index >= 15 is 0 Å². The van der Waals surface area contributed by atoms with Crippen molar-refractivity contribution in [1.82, 2.24) is 0 Å². The third kappa shape index (κ3) is 4.02. The Morgan fingerprint density at radius 2 is 2.00 bits per heavy atom. The summed E-state index contributed by atoms with van der Waals surface area (Å²) in [5.41, 5.74) is 7.19. The number of benzene rings is 1. The Kier molecular flexibility index (Phi) is 4.21. The molecule has 90 valence electrons. The largest absolute Gasteiger partial charge is 0.389 e. The van der Waals surface area contributed by atoms with E-state index in [9.17, 15) is 13.2 Å². The molecule has 0 unspecified atom stereocenters. The molecule has 1 aromatic carbocycles. The summed E-state index contributed by atoms with van der Waals surface area (Å²) in [6.45, 7) is 1.79. The molecule has 1 atom stereocenters. The maximum absolute atomic E-state index is 12.0. The van der Waals surface area contributed by atoms with Gasteiger partial charge in [0.2, 0.25) is 0 Å². The topological polar surface area (TPSA) is 26.0 Å². The first kappa shape index (κ1) is 13.3. The van der Waals surface area contributed by atoms with Crippen molar-refractivity contribution in [3.63, 3.8) is 0 Å². The Balaban J connectivity index is 2.66. The Morgan fingerprint density at radius 3 is 2.50 bits per heavy atom. The fourth-order valence-electron chi connectivity index (χ4n) is 1.38. The molecule has 1 aromatic rings. The molecule has 0 saturated heterocycles. The van der Waals surface area contributed by atoms with Gasteiger partial charge in [-0.25, -0.2) is 0 Å². The van der Waals surface area contributed by atoms with Gasteiger partial charge in [-0.2, -0.15) is 13.2 Å². The highest BCUT2D eigenvalue weighted by Crippen LogP contribution is 2.27. The number of hydrogen-bond acceptors (Lipinski definition) is 1. The van der Waals surface area contributed by atoms with Crippen LogP contribution in [0.3, 0.4) is 0 Å². The van der Waals surface area contributed by atoms with Crippen LogP contribution in [0.25, 0.3) is 0 Å². The Bertz CT molecular complexity index is 363. The van der Waals surface area contributed by atoms with E-state index in [0.29, 0.717) is 10.6 Å². The van der Waals surface area contributed by atoms with Crippen LogP contribution in [0.1, 0.15) is 30.0 Å². The number of halogens is 4. The van der Waals surface area contributed by atoms with Crippen molar-refractivity contribution in [2.75, 3.05) is 0 Å². The predicted octanol–water partition coefficient (Wildman–Crippen LogP) is 3.99. The summed E-state index contributed by atoms with van der Waals surface area (Å²) >= 11 is 5.81. The average Bonchev–Trinajstić information content (AvgIpc) is 2.17. The monoisotopic (exact) mass is 251 g/mol. The van der Waals surface area contributed by atoms with E-state index in [1.54, 1.807) is 25.1 Å². The van der Waals surface area contributed by atoms with E-state index in [2.05, 4.69) is 0 Å². The molecule has 0 spiro atoms. The molecule has 1 rings (SSSR count). The van der Waals surface area contributed by atoms with Crippen LogP contribution in [0.4, 0.5) is 13.2 Å². The zero-order valence-electron chi connectivity index (χ0n) is 8.81. The molecule has 5 heteroatoms. The van der Waals surface area contributed by atoms with Gasteiger partial charge in [-0.3, -0.25) is 0 Å². The van der Waals surface area contributed by atoms with Gasteiger partial charge in [0.1, 0.15) is 0 Å². The minimum Gasteiger partial charge on any atom is -0.324 e. The lowest BCUT2D eigenvalue weighted by Crippen LogP contribution is -2.15. The van der Waals surface area contributed by atoms with Gasteiger partial charge < -0.3 is 5.73 Å². The summed E-state index contributed by atoms with van der Waals surface area (Å²) in [6, 6.07) is 4.44. The summed E-state index contributed by atoms with van der Waals surface area (Å²) in [5.74, 6) is 0. The molecule has 0 radical (unpaired) electrons. The first-order valence-electron chi connectivity index (χ1n) is 4.88. The fraction of sp³-hybridized carbons (Fsp3) is 0.455. The van der Waals surface area contributed by atoms with Crippen molar-refractivity contribution in [3.8, 4) is 0 Å². The van der Waals surface area contributed by atoms with Gasteiger partial charge >= 0.3 is 6.18 Å². The van der Waals surface area contributed by atoms with Crippen molar-refractivity contribution < 1.29 is 13.2 Å². The lowest BCUT2D eigenvalue weighted by molar-refractivity contribution is -0.136. The molecule has 0 aliphatic rings. The molecule has 0 heterocycles. The highest BCUT2D eigenvalue weighted by atomic mass is 35.5. The third-order valence-corrected chi connectivity index (χ3v) is 2.77. The Labute approximate surface area is 97.4 Å². The molecule has 0 aromatic heterocycles. The highest BCUT2D eigenvalue weighted by molar-refractivity contribution is 6.31. The average molecular weight is 252 g/mol. The SMILES string of the molecule is Cc1cc([C@@H](N)CCC(F)(F)F)ccc1Cl. The molecular formula is C11H13ClF3N. The molecular weight excluding hydrogens is 239 g/mol. The lowest BCUT2D eigenvalue weighted by atomic mass is 10.0. The van der Waals surface area contributed by atoms with E-state index in [-0.39, 0.29) is 6.42 Å². The summed E-state index contributed by atoms with van der Waals surface area (Å²) in [4.78, 5) is 0. The van der Waals surface area contributed by atoms with Crippen molar-refractivity contribution in [2.45, 2.75) is 32.0 Å². The molecule has 1 nitrogen and oxygen atoms in total. The van der Waals surface area contributed by atoms with Gasteiger partial charge in [0.05, 0.1) is 0 Å². The summed E-state index contributed by atoms with van der Waals surface area (Å²) in [7, 11) is 0. The molecule has 0 aliphatic carbocycles. The maximum Gasteiger partial charge on any atom is 0.389 e. The maximum atomic E-state index is 12.0. The number of alkyl halides is 3. The second-order valence-electron chi connectivity index (χ2n) is 3.77. The van der Waals surface area contributed by atoms with Crippen LogP contribution in [0.15, 0.2) is 18.2 Å². The molecule has 0 bridgehead atoms. The van der Waals surface area contributed by atoms with Crippen molar-refractivity contribution in [2.24, 2.45) is 5.73 Å². The van der Waals surface area contributed by atoms with E-state index in [0.717, 1.165) is 5.56 Å². The Hall–Kier alpha value is -0.740. The van der Waals surface area contributed by atoms with Crippen molar-refractivity contribution >= 4 is 11.6 Å². The molecule has 0 fully saturated rings.